The predicted molar refractivity (Wildman–Crippen MR) is 179 cm³/mol. The van der Waals surface area contributed by atoms with Gasteiger partial charge in [0.15, 0.2) is 6.29 Å². The summed E-state index contributed by atoms with van der Waals surface area (Å²) in [5, 5.41) is 15.8. The SMILES string of the molecule is CC(C)C[C@H](C[C@H](OC1CCCCO1)[C@H](CC1CCCCC1)NC(=O)OC(C)(C)C)C(=O)NC(CCC(=O)O)Cc1ccccc1. The van der Waals surface area contributed by atoms with Crippen LogP contribution in [0.2, 0.25) is 0 Å². The van der Waals surface area contributed by atoms with E-state index in [0.29, 0.717) is 38.2 Å². The van der Waals surface area contributed by atoms with Crippen molar-refractivity contribution in [2.24, 2.45) is 17.8 Å². The summed E-state index contributed by atoms with van der Waals surface area (Å²) in [5.41, 5.74) is 0.398. The zero-order valence-electron chi connectivity index (χ0n) is 28.9. The predicted octanol–water partition coefficient (Wildman–Crippen LogP) is 7.41. The lowest BCUT2D eigenvalue weighted by atomic mass is 9.81. The maximum absolute atomic E-state index is 14.1. The van der Waals surface area contributed by atoms with Crippen LogP contribution in [0.25, 0.3) is 0 Å². The van der Waals surface area contributed by atoms with E-state index < -0.39 is 36.0 Å². The fourth-order valence-corrected chi connectivity index (χ4v) is 6.77. The van der Waals surface area contributed by atoms with E-state index in [0.717, 1.165) is 44.1 Å². The highest BCUT2D eigenvalue weighted by atomic mass is 16.7. The van der Waals surface area contributed by atoms with Gasteiger partial charge in [0.05, 0.1) is 12.1 Å². The normalized spacial score (nSPS) is 20.3. The lowest BCUT2D eigenvalue weighted by Crippen LogP contribution is -2.51. The van der Waals surface area contributed by atoms with Crippen molar-refractivity contribution < 1.29 is 33.7 Å². The molecule has 1 aliphatic carbocycles. The molecule has 1 aliphatic heterocycles. The molecule has 1 saturated heterocycles. The Balaban J connectivity index is 1.87. The molecule has 3 rings (SSSR count). The summed E-state index contributed by atoms with van der Waals surface area (Å²) in [5.74, 6) is -0.691. The standard InChI is InChI=1S/C37H60N2O7/c1-26(2)22-29(35(42)38-30(19-20-33(40)41)23-27-14-8-6-9-15-27)25-32(45-34-18-12-13-21-44-34)31(24-28-16-10-7-11-17-28)39-36(43)46-37(3,4)5/h6,8-9,14-15,26,28-32,34H,7,10-13,16-25H2,1-5H3,(H,38,42)(H,39,43)(H,40,41)/t29-,30?,31+,32+,34?/m1/s1. The number of hydrogen-bond donors (Lipinski definition) is 3. The Bertz CT molecular complexity index is 1050. The zero-order valence-corrected chi connectivity index (χ0v) is 28.9. The lowest BCUT2D eigenvalue weighted by molar-refractivity contribution is -0.198. The minimum atomic E-state index is -0.884. The summed E-state index contributed by atoms with van der Waals surface area (Å²) in [7, 11) is 0. The molecule has 3 N–H and O–H groups in total. The second kappa shape index (κ2) is 19.2. The van der Waals surface area contributed by atoms with Crippen LogP contribution in [0.4, 0.5) is 4.79 Å². The number of alkyl carbamates (subject to hydrolysis) is 1. The number of carbonyl (C=O) groups is 3. The van der Waals surface area contributed by atoms with Crippen molar-refractivity contribution in [3.8, 4) is 0 Å². The van der Waals surface area contributed by atoms with E-state index in [9.17, 15) is 19.5 Å². The smallest absolute Gasteiger partial charge is 0.407 e. The number of rotatable bonds is 17. The Kier molecular flexibility index (Phi) is 15.8. The molecule has 0 bridgehead atoms. The Morgan fingerprint density at radius 3 is 2.26 bits per heavy atom. The van der Waals surface area contributed by atoms with Crippen molar-refractivity contribution in [1.82, 2.24) is 10.6 Å². The maximum atomic E-state index is 14.1. The highest BCUT2D eigenvalue weighted by Gasteiger charge is 2.36. The quantitative estimate of drug-likeness (QED) is 0.161. The van der Waals surface area contributed by atoms with Crippen molar-refractivity contribution in [2.45, 2.75) is 155 Å². The fourth-order valence-electron chi connectivity index (χ4n) is 6.77. The number of amides is 2. The summed E-state index contributed by atoms with van der Waals surface area (Å²) in [6, 6.07) is 9.17. The molecule has 9 heteroatoms. The molecule has 46 heavy (non-hydrogen) atoms. The van der Waals surface area contributed by atoms with Crippen LogP contribution in [0.5, 0.6) is 0 Å². The van der Waals surface area contributed by atoms with Crippen LogP contribution in [0.3, 0.4) is 0 Å². The summed E-state index contributed by atoms with van der Waals surface area (Å²) >= 11 is 0. The van der Waals surface area contributed by atoms with E-state index in [4.69, 9.17) is 14.2 Å². The van der Waals surface area contributed by atoms with Crippen LogP contribution in [0, 0.1) is 17.8 Å². The first kappa shape index (κ1) is 37.8. The number of carbonyl (C=O) groups excluding carboxylic acids is 2. The van der Waals surface area contributed by atoms with Crippen LogP contribution in [-0.2, 0) is 30.2 Å². The van der Waals surface area contributed by atoms with Crippen LogP contribution < -0.4 is 10.6 Å². The van der Waals surface area contributed by atoms with Crippen molar-refractivity contribution in [3.05, 3.63) is 35.9 Å². The Labute approximate surface area is 276 Å². The van der Waals surface area contributed by atoms with Crippen LogP contribution in [0.15, 0.2) is 30.3 Å². The first-order valence-electron chi connectivity index (χ1n) is 17.7. The van der Waals surface area contributed by atoms with Gasteiger partial charge in [-0.3, -0.25) is 9.59 Å². The van der Waals surface area contributed by atoms with Gasteiger partial charge in [-0.1, -0.05) is 76.3 Å². The number of aliphatic carboxylic acids is 1. The van der Waals surface area contributed by atoms with Crippen molar-refractivity contribution in [3.63, 3.8) is 0 Å². The highest BCUT2D eigenvalue weighted by molar-refractivity contribution is 5.79. The van der Waals surface area contributed by atoms with E-state index in [1.807, 2.05) is 51.1 Å². The molecule has 1 saturated carbocycles. The first-order valence-corrected chi connectivity index (χ1v) is 17.7. The summed E-state index contributed by atoms with van der Waals surface area (Å²) in [6.45, 7) is 10.4. The average molecular weight is 645 g/mol. The molecule has 1 heterocycles. The van der Waals surface area contributed by atoms with E-state index in [2.05, 4.69) is 24.5 Å². The molecule has 260 valence electrons. The van der Waals surface area contributed by atoms with Gasteiger partial charge in [0.2, 0.25) is 5.91 Å². The number of hydrogen-bond acceptors (Lipinski definition) is 6. The molecule has 9 nitrogen and oxygen atoms in total. The molecule has 0 spiro atoms. The molecule has 5 atom stereocenters. The van der Waals surface area contributed by atoms with Gasteiger partial charge < -0.3 is 30.0 Å². The van der Waals surface area contributed by atoms with E-state index in [-0.39, 0.29) is 30.3 Å². The third kappa shape index (κ3) is 14.8. The molecule has 1 aromatic rings. The van der Waals surface area contributed by atoms with Gasteiger partial charge in [-0.2, -0.15) is 0 Å². The number of nitrogens with one attached hydrogen (secondary N) is 2. The van der Waals surface area contributed by atoms with Gasteiger partial charge in [0.1, 0.15) is 5.60 Å². The van der Waals surface area contributed by atoms with Crippen molar-refractivity contribution >= 4 is 18.0 Å². The molecule has 2 fully saturated rings. The molecule has 0 radical (unpaired) electrons. The third-order valence-electron chi connectivity index (χ3n) is 8.95. The number of carboxylic acids is 1. The van der Waals surface area contributed by atoms with E-state index in [1.54, 1.807) is 0 Å². The number of carboxylic acid groups (broad SMARTS) is 1. The second-order valence-corrected chi connectivity index (χ2v) is 14.9. The molecule has 2 unspecified atom stereocenters. The molecule has 0 aromatic heterocycles. The number of ether oxygens (including phenoxy) is 3. The third-order valence-corrected chi connectivity index (χ3v) is 8.95. The van der Waals surface area contributed by atoms with Gasteiger partial charge in [0.25, 0.3) is 0 Å². The topological polar surface area (TPSA) is 123 Å². The molecule has 2 aliphatic rings. The summed E-state index contributed by atoms with van der Waals surface area (Å²) in [4.78, 5) is 38.8. The van der Waals surface area contributed by atoms with Crippen molar-refractivity contribution in [1.29, 1.82) is 0 Å². The second-order valence-electron chi connectivity index (χ2n) is 14.9. The Morgan fingerprint density at radius 1 is 0.957 bits per heavy atom. The molecular weight excluding hydrogens is 584 g/mol. The Hall–Kier alpha value is -2.65. The zero-order chi connectivity index (χ0) is 33.5. The first-order chi connectivity index (χ1) is 21.9. The minimum absolute atomic E-state index is 0.0271. The fraction of sp³-hybridized carbons (Fsp3) is 0.757. The highest BCUT2D eigenvalue weighted by Crippen LogP contribution is 2.32. The van der Waals surface area contributed by atoms with Crippen molar-refractivity contribution in [2.75, 3.05) is 6.61 Å². The van der Waals surface area contributed by atoms with Gasteiger partial charge in [-0.05, 0) is 89.5 Å². The van der Waals surface area contributed by atoms with Gasteiger partial charge in [-0.15, -0.1) is 0 Å². The molecular formula is C37H60N2O7. The lowest BCUT2D eigenvalue weighted by Gasteiger charge is -2.37. The van der Waals surface area contributed by atoms with E-state index in [1.165, 1.54) is 19.3 Å². The molecule has 2 amide bonds. The van der Waals surface area contributed by atoms with Gasteiger partial charge >= 0.3 is 12.1 Å². The Morgan fingerprint density at radius 2 is 1.65 bits per heavy atom. The maximum Gasteiger partial charge on any atom is 0.407 e. The monoisotopic (exact) mass is 644 g/mol. The van der Waals surface area contributed by atoms with Crippen LogP contribution in [-0.4, -0.2) is 59.8 Å². The summed E-state index contributed by atoms with van der Waals surface area (Å²) in [6.07, 6.45) is 9.91. The van der Waals surface area contributed by atoms with Crippen LogP contribution >= 0.6 is 0 Å². The van der Waals surface area contributed by atoms with Crippen LogP contribution in [0.1, 0.15) is 124 Å². The van der Waals surface area contributed by atoms with Gasteiger partial charge in [0, 0.05) is 25.0 Å². The minimum Gasteiger partial charge on any atom is -0.481 e. The van der Waals surface area contributed by atoms with Gasteiger partial charge in [-0.25, -0.2) is 4.79 Å². The summed E-state index contributed by atoms with van der Waals surface area (Å²) < 4.78 is 18.4. The number of benzene rings is 1. The average Bonchev–Trinajstić information content (AvgIpc) is 2.99. The van der Waals surface area contributed by atoms with E-state index >= 15 is 0 Å². The largest absolute Gasteiger partial charge is 0.481 e. The molecule has 1 aromatic carbocycles.